The Labute approximate surface area is 169 Å². The van der Waals surface area contributed by atoms with E-state index in [1.54, 1.807) is 47.6 Å². The van der Waals surface area contributed by atoms with E-state index in [9.17, 15) is 14.4 Å². The van der Waals surface area contributed by atoms with Crippen molar-refractivity contribution in [1.82, 2.24) is 9.88 Å². The van der Waals surface area contributed by atoms with Crippen LogP contribution in [-0.4, -0.2) is 40.4 Å². The lowest BCUT2D eigenvalue weighted by Gasteiger charge is -2.31. The Morgan fingerprint density at radius 2 is 1.41 bits per heavy atom. The van der Waals surface area contributed by atoms with Crippen LogP contribution in [0.5, 0.6) is 0 Å². The van der Waals surface area contributed by atoms with Gasteiger partial charge in [-0.25, -0.2) is 0 Å². The van der Waals surface area contributed by atoms with Gasteiger partial charge in [0.1, 0.15) is 0 Å². The van der Waals surface area contributed by atoms with Crippen molar-refractivity contribution in [2.45, 2.75) is 12.8 Å². The molecule has 1 N–H and O–H groups in total. The predicted octanol–water partition coefficient (Wildman–Crippen LogP) is 3.98. The summed E-state index contributed by atoms with van der Waals surface area (Å²) in [5.41, 5.74) is 2.44. The normalized spacial score (nSPS) is 14.6. The van der Waals surface area contributed by atoms with Crippen LogP contribution in [0.25, 0.3) is 0 Å². The summed E-state index contributed by atoms with van der Waals surface area (Å²) in [5, 5.41) is 0. The molecule has 0 aliphatic carbocycles. The first-order valence-corrected chi connectivity index (χ1v) is 9.79. The molecule has 0 unspecified atom stereocenters. The molecule has 1 aromatic heterocycles. The highest BCUT2D eigenvalue weighted by atomic mass is 16.2. The zero-order chi connectivity index (χ0) is 20.2. The fourth-order valence-corrected chi connectivity index (χ4v) is 3.76. The number of Topliss-reactive ketones (excluding diaryl/α,β-unsaturated/α-hetero) is 1. The fourth-order valence-electron chi connectivity index (χ4n) is 3.76. The van der Waals surface area contributed by atoms with E-state index in [-0.39, 0.29) is 23.4 Å². The summed E-state index contributed by atoms with van der Waals surface area (Å²) in [7, 11) is 0. The molecule has 0 atom stereocenters. The van der Waals surface area contributed by atoms with Gasteiger partial charge in [0, 0.05) is 53.7 Å². The van der Waals surface area contributed by atoms with Crippen molar-refractivity contribution in [2.75, 3.05) is 13.1 Å². The molecule has 29 heavy (non-hydrogen) atoms. The van der Waals surface area contributed by atoms with Gasteiger partial charge in [0.2, 0.25) is 0 Å². The number of aromatic amines is 1. The number of piperidine rings is 1. The monoisotopic (exact) mass is 386 g/mol. The Morgan fingerprint density at radius 1 is 0.759 bits per heavy atom. The molecule has 1 aliphatic heterocycles. The number of likely N-dealkylation sites (tertiary alicyclic amines) is 1. The number of benzene rings is 2. The van der Waals surface area contributed by atoms with Crippen molar-refractivity contribution < 1.29 is 14.4 Å². The van der Waals surface area contributed by atoms with E-state index in [4.69, 9.17) is 0 Å². The van der Waals surface area contributed by atoms with Crippen LogP contribution in [0.2, 0.25) is 0 Å². The minimum absolute atomic E-state index is 0.0391. The van der Waals surface area contributed by atoms with Gasteiger partial charge in [0.05, 0.1) is 0 Å². The first kappa shape index (κ1) is 18.9. The van der Waals surface area contributed by atoms with Crippen molar-refractivity contribution in [2.24, 2.45) is 5.92 Å². The van der Waals surface area contributed by atoms with Crippen LogP contribution in [0, 0.1) is 5.92 Å². The van der Waals surface area contributed by atoms with Crippen LogP contribution in [0.4, 0.5) is 0 Å². The molecule has 4 rings (SSSR count). The maximum atomic E-state index is 12.8. The third-order valence-electron chi connectivity index (χ3n) is 5.47. The second-order valence-electron chi connectivity index (χ2n) is 7.30. The highest BCUT2D eigenvalue weighted by Gasteiger charge is 2.28. The van der Waals surface area contributed by atoms with Gasteiger partial charge in [0.15, 0.2) is 11.6 Å². The first-order valence-electron chi connectivity index (χ1n) is 9.79. The van der Waals surface area contributed by atoms with Crippen molar-refractivity contribution in [3.8, 4) is 0 Å². The average molecular weight is 386 g/mol. The lowest BCUT2D eigenvalue weighted by atomic mass is 9.88. The number of nitrogens with one attached hydrogen (secondary N) is 1. The van der Waals surface area contributed by atoms with E-state index >= 15 is 0 Å². The minimum Gasteiger partial charge on any atom is -0.367 e. The van der Waals surface area contributed by atoms with E-state index in [0.29, 0.717) is 42.6 Å². The summed E-state index contributed by atoms with van der Waals surface area (Å²) in [6, 6.07) is 17.8. The number of amides is 1. The van der Waals surface area contributed by atoms with Gasteiger partial charge in [-0.15, -0.1) is 0 Å². The lowest BCUT2D eigenvalue weighted by Crippen LogP contribution is -2.40. The maximum Gasteiger partial charge on any atom is 0.253 e. The Morgan fingerprint density at radius 3 is 2.03 bits per heavy atom. The van der Waals surface area contributed by atoms with E-state index in [1.807, 2.05) is 30.3 Å². The quantitative estimate of drug-likeness (QED) is 0.674. The van der Waals surface area contributed by atoms with E-state index < -0.39 is 0 Å². The fraction of sp³-hybridized carbons (Fsp3) is 0.208. The number of hydrogen-bond donors (Lipinski definition) is 1. The Balaban J connectivity index is 1.37. The van der Waals surface area contributed by atoms with E-state index in [2.05, 4.69) is 4.98 Å². The summed E-state index contributed by atoms with van der Waals surface area (Å²) in [6.07, 6.45) is 4.70. The Hall–Kier alpha value is -3.47. The molecule has 1 saturated heterocycles. The van der Waals surface area contributed by atoms with Crippen LogP contribution in [0.15, 0.2) is 73.1 Å². The topological polar surface area (TPSA) is 70.2 Å². The van der Waals surface area contributed by atoms with Gasteiger partial charge in [-0.3, -0.25) is 14.4 Å². The second-order valence-corrected chi connectivity index (χ2v) is 7.30. The van der Waals surface area contributed by atoms with Crippen LogP contribution < -0.4 is 0 Å². The number of nitrogens with zero attached hydrogens (tertiary/aromatic N) is 1. The predicted molar refractivity (Wildman–Crippen MR) is 110 cm³/mol. The molecule has 0 saturated carbocycles. The molecule has 1 aliphatic rings. The summed E-state index contributed by atoms with van der Waals surface area (Å²) in [6.45, 7) is 1.12. The van der Waals surface area contributed by atoms with Crippen LogP contribution >= 0.6 is 0 Å². The maximum absolute atomic E-state index is 12.8. The van der Waals surface area contributed by atoms with Crippen molar-refractivity contribution in [3.05, 3.63) is 95.3 Å². The van der Waals surface area contributed by atoms with Crippen LogP contribution in [0.1, 0.15) is 49.5 Å². The minimum atomic E-state index is -0.0783. The molecule has 0 spiro atoms. The van der Waals surface area contributed by atoms with Crippen LogP contribution in [0.3, 0.4) is 0 Å². The number of carbonyl (C=O) groups excluding carboxylic acids is 3. The van der Waals surface area contributed by atoms with Gasteiger partial charge in [0.25, 0.3) is 5.91 Å². The SMILES string of the molecule is O=C(c1ccc(C(=O)N2CCC(C(=O)c3ccccc3)CC2)cc1)c1cc[nH]c1. The molecule has 0 bridgehead atoms. The molecule has 0 radical (unpaired) electrons. The summed E-state index contributed by atoms with van der Waals surface area (Å²) in [5.74, 6) is -0.0186. The van der Waals surface area contributed by atoms with Gasteiger partial charge in [-0.2, -0.15) is 0 Å². The van der Waals surface area contributed by atoms with Crippen LogP contribution in [-0.2, 0) is 0 Å². The van der Waals surface area contributed by atoms with Gasteiger partial charge >= 0.3 is 0 Å². The first-order chi connectivity index (χ1) is 14.1. The highest BCUT2D eigenvalue weighted by Crippen LogP contribution is 2.23. The summed E-state index contributed by atoms with van der Waals surface area (Å²) in [4.78, 5) is 42.4. The molecule has 146 valence electrons. The number of carbonyl (C=O) groups is 3. The number of rotatable bonds is 5. The van der Waals surface area contributed by atoms with E-state index in [1.165, 1.54) is 0 Å². The van der Waals surface area contributed by atoms with Gasteiger partial charge in [-0.1, -0.05) is 42.5 Å². The number of hydrogen-bond acceptors (Lipinski definition) is 3. The zero-order valence-electron chi connectivity index (χ0n) is 16.0. The van der Waals surface area contributed by atoms with Gasteiger partial charge in [-0.05, 0) is 31.0 Å². The summed E-state index contributed by atoms with van der Waals surface area (Å²) >= 11 is 0. The highest BCUT2D eigenvalue weighted by molar-refractivity contribution is 6.09. The average Bonchev–Trinajstić information content (AvgIpc) is 3.33. The second kappa shape index (κ2) is 8.27. The molecular weight excluding hydrogens is 364 g/mol. The Kier molecular flexibility index (Phi) is 5.38. The molecule has 1 fully saturated rings. The zero-order valence-corrected chi connectivity index (χ0v) is 16.0. The van der Waals surface area contributed by atoms with Crippen molar-refractivity contribution >= 4 is 17.5 Å². The molecule has 5 heteroatoms. The van der Waals surface area contributed by atoms with Crippen molar-refractivity contribution in [3.63, 3.8) is 0 Å². The largest absolute Gasteiger partial charge is 0.367 e. The summed E-state index contributed by atoms with van der Waals surface area (Å²) < 4.78 is 0. The lowest BCUT2D eigenvalue weighted by molar-refractivity contribution is 0.0650. The number of ketones is 2. The molecular formula is C24H22N2O3. The van der Waals surface area contributed by atoms with E-state index in [0.717, 1.165) is 5.56 Å². The Bertz CT molecular complexity index is 1000. The van der Waals surface area contributed by atoms with Crippen molar-refractivity contribution in [1.29, 1.82) is 0 Å². The van der Waals surface area contributed by atoms with Gasteiger partial charge < -0.3 is 9.88 Å². The third-order valence-corrected chi connectivity index (χ3v) is 5.47. The number of H-pyrrole nitrogens is 1. The third kappa shape index (κ3) is 4.04. The molecule has 3 aromatic rings. The molecule has 2 aromatic carbocycles. The number of aromatic nitrogens is 1. The standard InChI is InChI=1S/C24H22N2O3/c27-22(17-4-2-1-3-5-17)19-11-14-26(15-12-19)24(29)20-8-6-18(7-9-20)23(28)21-10-13-25-16-21/h1-10,13,16,19,25H,11-12,14-15H2. The molecule has 2 heterocycles. The molecule has 1 amide bonds. The molecule has 5 nitrogen and oxygen atoms in total. The smallest absolute Gasteiger partial charge is 0.253 e.